The lowest BCUT2D eigenvalue weighted by molar-refractivity contribution is -0.171. The molecule has 1 heterocycles. The third-order valence-corrected chi connectivity index (χ3v) is 3.09. The molecule has 0 N–H and O–H groups in total. The SMILES string of the molecule is CC1(C)C=Cc2cc(C#N)ccc2N1C(=O)C(F)(F)F. The summed E-state index contributed by atoms with van der Waals surface area (Å²) in [7, 11) is 0. The summed E-state index contributed by atoms with van der Waals surface area (Å²) in [6.07, 6.45) is -1.82. The molecule has 1 aliphatic rings. The molecule has 104 valence electrons. The number of carbonyl (C=O) groups excluding carboxylic acids is 1. The minimum atomic E-state index is -4.95. The molecule has 6 heteroatoms. The van der Waals surface area contributed by atoms with Crippen molar-refractivity contribution in [1.29, 1.82) is 5.26 Å². The topological polar surface area (TPSA) is 44.1 Å². The first-order valence-corrected chi connectivity index (χ1v) is 5.81. The van der Waals surface area contributed by atoms with Crippen LogP contribution in [0.2, 0.25) is 0 Å². The number of halogens is 3. The van der Waals surface area contributed by atoms with Gasteiger partial charge in [-0.25, -0.2) is 0 Å². The molecule has 0 atom stereocenters. The van der Waals surface area contributed by atoms with Gasteiger partial charge in [0, 0.05) is 0 Å². The van der Waals surface area contributed by atoms with E-state index in [0.717, 1.165) is 0 Å². The van der Waals surface area contributed by atoms with Crippen molar-refractivity contribution >= 4 is 17.7 Å². The van der Waals surface area contributed by atoms with E-state index < -0.39 is 17.6 Å². The lowest BCUT2D eigenvalue weighted by atomic mass is 9.92. The Kier molecular flexibility index (Phi) is 3.09. The molecule has 0 aromatic heterocycles. The van der Waals surface area contributed by atoms with Crippen molar-refractivity contribution in [2.75, 3.05) is 4.90 Å². The standard InChI is InChI=1S/C14H11F3N2O/c1-13(2)6-5-10-7-9(8-18)3-4-11(10)19(13)12(20)14(15,16)17/h3-7H,1-2H3. The Morgan fingerprint density at radius 3 is 2.55 bits per heavy atom. The van der Waals surface area contributed by atoms with Crippen LogP contribution in [-0.2, 0) is 4.79 Å². The number of anilines is 1. The first-order chi connectivity index (χ1) is 9.16. The van der Waals surface area contributed by atoms with Crippen molar-refractivity contribution in [2.45, 2.75) is 25.6 Å². The van der Waals surface area contributed by atoms with E-state index in [1.165, 1.54) is 38.1 Å². The minimum Gasteiger partial charge on any atom is -0.295 e. The van der Waals surface area contributed by atoms with Crippen molar-refractivity contribution in [3.8, 4) is 6.07 Å². The lowest BCUT2D eigenvalue weighted by Crippen LogP contribution is -2.53. The highest BCUT2D eigenvalue weighted by atomic mass is 19.4. The van der Waals surface area contributed by atoms with Crippen LogP contribution < -0.4 is 4.90 Å². The van der Waals surface area contributed by atoms with Gasteiger partial charge in [0.25, 0.3) is 0 Å². The van der Waals surface area contributed by atoms with Crippen LogP contribution in [0.25, 0.3) is 6.08 Å². The van der Waals surface area contributed by atoms with Crippen LogP contribution >= 0.6 is 0 Å². The Morgan fingerprint density at radius 1 is 1.35 bits per heavy atom. The second-order valence-electron chi connectivity index (χ2n) is 5.01. The summed E-state index contributed by atoms with van der Waals surface area (Å²) in [5, 5.41) is 8.81. The summed E-state index contributed by atoms with van der Waals surface area (Å²) >= 11 is 0. The Morgan fingerprint density at radius 2 is 2.00 bits per heavy atom. The van der Waals surface area contributed by atoms with Gasteiger partial charge in [0.05, 0.1) is 22.9 Å². The first-order valence-electron chi connectivity index (χ1n) is 5.81. The lowest BCUT2D eigenvalue weighted by Gasteiger charge is -2.40. The molecule has 2 rings (SSSR count). The van der Waals surface area contributed by atoms with Gasteiger partial charge >= 0.3 is 12.1 Å². The molecular weight excluding hydrogens is 269 g/mol. The molecule has 20 heavy (non-hydrogen) atoms. The summed E-state index contributed by atoms with van der Waals surface area (Å²) in [6.45, 7) is 3.04. The summed E-state index contributed by atoms with van der Waals surface area (Å²) in [5.74, 6) is -1.92. The van der Waals surface area contributed by atoms with Gasteiger partial charge in [-0.1, -0.05) is 12.2 Å². The number of benzene rings is 1. The number of hydrogen-bond acceptors (Lipinski definition) is 2. The van der Waals surface area contributed by atoms with E-state index in [1.54, 1.807) is 6.08 Å². The monoisotopic (exact) mass is 280 g/mol. The average Bonchev–Trinajstić information content (AvgIpc) is 2.35. The van der Waals surface area contributed by atoms with Crippen LogP contribution in [0.5, 0.6) is 0 Å². The molecule has 0 spiro atoms. The highest BCUT2D eigenvalue weighted by Gasteiger charge is 2.48. The van der Waals surface area contributed by atoms with Crippen LogP contribution in [0.15, 0.2) is 24.3 Å². The van der Waals surface area contributed by atoms with E-state index in [9.17, 15) is 18.0 Å². The summed E-state index contributed by atoms with van der Waals surface area (Å²) in [4.78, 5) is 12.4. The molecule has 1 aromatic carbocycles. The predicted octanol–water partition coefficient (Wildman–Crippen LogP) is 3.26. The number of amides is 1. The molecule has 0 unspecified atom stereocenters. The quantitative estimate of drug-likeness (QED) is 0.732. The number of alkyl halides is 3. The van der Waals surface area contributed by atoms with Crippen molar-refractivity contribution in [3.05, 3.63) is 35.4 Å². The summed E-state index contributed by atoms with van der Waals surface area (Å²) in [6, 6.07) is 6.13. The maximum atomic E-state index is 12.7. The molecule has 0 saturated heterocycles. The molecular formula is C14H11F3N2O. The predicted molar refractivity (Wildman–Crippen MR) is 67.8 cm³/mol. The van der Waals surface area contributed by atoms with Gasteiger partial charge in [-0.3, -0.25) is 9.69 Å². The van der Waals surface area contributed by atoms with Crippen LogP contribution in [0.4, 0.5) is 18.9 Å². The van der Waals surface area contributed by atoms with Gasteiger partial charge < -0.3 is 0 Å². The maximum absolute atomic E-state index is 12.7. The Balaban J connectivity index is 2.60. The van der Waals surface area contributed by atoms with Crippen LogP contribution in [0.1, 0.15) is 25.0 Å². The van der Waals surface area contributed by atoms with E-state index in [-0.39, 0.29) is 5.69 Å². The number of fused-ring (bicyclic) bond motifs is 1. The van der Waals surface area contributed by atoms with Crippen molar-refractivity contribution in [2.24, 2.45) is 0 Å². The number of nitrogens with zero attached hydrogens (tertiary/aromatic N) is 2. The summed E-state index contributed by atoms with van der Waals surface area (Å²) < 4.78 is 38.2. The zero-order valence-corrected chi connectivity index (χ0v) is 10.8. The Hall–Kier alpha value is -2.29. The van der Waals surface area contributed by atoms with E-state index in [4.69, 9.17) is 5.26 Å². The van der Waals surface area contributed by atoms with Crippen molar-refractivity contribution in [3.63, 3.8) is 0 Å². The van der Waals surface area contributed by atoms with Gasteiger partial charge in [-0.15, -0.1) is 0 Å². The van der Waals surface area contributed by atoms with Crippen LogP contribution in [0.3, 0.4) is 0 Å². The number of rotatable bonds is 0. The Bertz CT molecular complexity index is 639. The second kappa shape index (κ2) is 4.37. The van der Waals surface area contributed by atoms with E-state index in [2.05, 4.69) is 0 Å². The fourth-order valence-corrected chi connectivity index (χ4v) is 2.14. The highest BCUT2D eigenvalue weighted by Crippen LogP contribution is 2.37. The van der Waals surface area contributed by atoms with Gasteiger partial charge in [0.1, 0.15) is 0 Å². The van der Waals surface area contributed by atoms with Gasteiger partial charge in [0.2, 0.25) is 0 Å². The van der Waals surface area contributed by atoms with Gasteiger partial charge in [-0.2, -0.15) is 18.4 Å². The highest BCUT2D eigenvalue weighted by molar-refractivity contribution is 6.02. The average molecular weight is 280 g/mol. The summed E-state index contributed by atoms with van der Waals surface area (Å²) in [5.41, 5.74) is -0.194. The van der Waals surface area contributed by atoms with E-state index >= 15 is 0 Å². The maximum Gasteiger partial charge on any atom is 0.471 e. The molecule has 0 bridgehead atoms. The van der Waals surface area contributed by atoms with Crippen molar-refractivity contribution < 1.29 is 18.0 Å². The number of carbonyl (C=O) groups is 1. The largest absolute Gasteiger partial charge is 0.471 e. The molecule has 0 saturated carbocycles. The van der Waals surface area contributed by atoms with Crippen LogP contribution in [-0.4, -0.2) is 17.6 Å². The smallest absolute Gasteiger partial charge is 0.295 e. The molecule has 3 nitrogen and oxygen atoms in total. The molecule has 0 aliphatic carbocycles. The van der Waals surface area contributed by atoms with Gasteiger partial charge in [0.15, 0.2) is 0 Å². The van der Waals surface area contributed by atoms with Gasteiger partial charge in [-0.05, 0) is 37.6 Å². The minimum absolute atomic E-state index is 0.152. The Labute approximate surface area is 113 Å². The number of hydrogen-bond donors (Lipinski definition) is 0. The van der Waals surface area contributed by atoms with E-state index in [1.807, 2.05) is 6.07 Å². The number of nitriles is 1. The molecule has 1 amide bonds. The zero-order chi connectivity index (χ0) is 15.1. The molecule has 1 aliphatic heterocycles. The molecule has 0 fully saturated rings. The third kappa shape index (κ3) is 2.27. The van der Waals surface area contributed by atoms with Crippen LogP contribution in [0, 0.1) is 11.3 Å². The molecule has 1 aromatic rings. The fraction of sp³-hybridized carbons (Fsp3) is 0.286. The third-order valence-electron chi connectivity index (χ3n) is 3.09. The second-order valence-corrected chi connectivity index (χ2v) is 5.01. The fourth-order valence-electron chi connectivity index (χ4n) is 2.14. The van der Waals surface area contributed by atoms with E-state index in [0.29, 0.717) is 16.0 Å². The first kappa shape index (κ1) is 14.1. The zero-order valence-electron chi connectivity index (χ0n) is 10.8. The normalized spacial score (nSPS) is 16.5. The molecule has 0 radical (unpaired) electrons. The van der Waals surface area contributed by atoms with Crippen molar-refractivity contribution in [1.82, 2.24) is 0 Å².